The maximum Gasteiger partial charge on any atom is 0.175 e. The van der Waals surface area contributed by atoms with E-state index in [4.69, 9.17) is 5.11 Å². The molecule has 0 spiro atoms. The van der Waals surface area contributed by atoms with Gasteiger partial charge in [0.25, 0.3) is 0 Å². The quantitative estimate of drug-likeness (QED) is 0.592. The van der Waals surface area contributed by atoms with E-state index in [0.717, 1.165) is 11.8 Å². The standard InChI is InChI=1S/C22H21FN2O4S/c1-30(28,29)20-8-4-16(5-9-20)21(10-15-2-6-17(23)7-3-15)22(27)11-18-12-25-19(14-26)13-24-18/h2-9,12-13,21,26H,10-11,14H2,1H3/t21-/m0/s1. The molecule has 3 rings (SSSR count). The lowest BCUT2D eigenvalue weighted by atomic mass is 9.86. The summed E-state index contributed by atoms with van der Waals surface area (Å²) in [4.78, 5) is 21.5. The van der Waals surface area contributed by atoms with Crippen LogP contribution in [0.2, 0.25) is 0 Å². The average molecular weight is 428 g/mol. The third-order valence-electron chi connectivity index (χ3n) is 4.73. The van der Waals surface area contributed by atoms with Gasteiger partial charge in [-0.15, -0.1) is 0 Å². The van der Waals surface area contributed by atoms with Crippen molar-refractivity contribution in [3.63, 3.8) is 0 Å². The number of ketones is 1. The number of halogens is 1. The van der Waals surface area contributed by atoms with Crippen LogP contribution in [0.3, 0.4) is 0 Å². The predicted molar refractivity (Wildman–Crippen MR) is 109 cm³/mol. The van der Waals surface area contributed by atoms with Gasteiger partial charge in [0.1, 0.15) is 11.6 Å². The lowest BCUT2D eigenvalue weighted by Crippen LogP contribution is -2.18. The molecule has 0 radical (unpaired) electrons. The van der Waals surface area contributed by atoms with Crippen LogP contribution in [0.1, 0.15) is 28.4 Å². The van der Waals surface area contributed by atoms with E-state index in [2.05, 4.69) is 9.97 Å². The predicted octanol–water partition coefficient (Wildman–Crippen LogP) is 2.65. The van der Waals surface area contributed by atoms with Crippen molar-refractivity contribution in [1.29, 1.82) is 0 Å². The van der Waals surface area contributed by atoms with E-state index >= 15 is 0 Å². The van der Waals surface area contributed by atoms with Crippen molar-refractivity contribution >= 4 is 15.6 Å². The minimum atomic E-state index is -3.35. The SMILES string of the molecule is CS(=O)(=O)c1ccc([C@H](Cc2ccc(F)cc2)C(=O)Cc2cnc(CO)cn2)cc1. The Morgan fingerprint density at radius 2 is 1.60 bits per heavy atom. The highest BCUT2D eigenvalue weighted by atomic mass is 32.2. The molecule has 1 heterocycles. The summed E-state index contributed by atoms with van der Waals surface area (Å²) in [6.45, 7) is -0.235. The van der Waals surface area contributed by atoms with Gasteiger partial charge < -0.3 is 5.11 Å². The van der Waals surface area contributed by atoms with Crippen molar-refractivity contribution in [2.75, 3.05) is 6.26 Å². The molecule has 0 aliphatic heterocycles. The highest BCUT2D eigenvalue weighted by Gasteiger charge is 2.23. The summed E-state index contributed by atoms with van der Waals surface area (Å²) in [7, 11) is -3.35. The van der Waals surface area contributed by atoms with Gasteiger partial charge in [-0.05, 0) is 41.8 Å². The third-order valence-corrected chi connectivity index (χ3v) is 5.86. The van der Waals surface area contributed by atoms with Gasteiger partial charge in [0.05, 0.1) is 35.5 Å². The maximum atomic E-state index is 13.3. The summed E-state index contributed by atoms with van der Waals surface area (Å²) < 4.78 is 36.7. The summed E-state index contributed by atoms with van der Waals surface area (Å²) in [6.07, 6.45) is 4.35. The number of hydrogen-bond donors (Lipinski definition) is 1. The smallest absolute Gasteiger partial charge is 0.175 e. The van der Waals surface area contributed by atoms with Crippen molar-refractivity contribution < 1.29 is 22.7 Å². The Labute approximate surface area is 174 Å². The number of sulfone groups is 1. The van der Waals surface area contributed by atoms with E-state index < -0.39 is 15.8 Å². The molecule has 6 nitrogen and oxygen atoms in total. The molecule has 8 heteroatoms. The molecule has 3 aromatic rings. The topological polar surface area (TPSA) is 97.2 Å². The number of aromatic nitrogens is 2. The zero-order chi connectivity index (χ0) is 21.7. The lowest BCUT2D eigenvalue weighted by molar-refractivity contribution is -0.119. The Bertz CT molecular complexity index is 1110. The molecule has 156 valence electrons. The Morgan fingerprint density at radius 3 is 2.13 bits per heavy atom. The normalized spacial score (nSPS) is 12.5. The van der Waals surface area contributed by atoms with Crippen LogP contribution in [-0.2, 0) is 34.1 Å². The Balaban J connectivity index is 1.89. The molecular formula is C22H21FN2O4S. The van der Waals surface area contributed by atoms with Gasteiger partial charge in [-0.1, -0.05) is 24.3 Å². The summed E-state index contributed by atoms with van der Waals surface area (Å²) >= 11 is 0. The van der Waals surface area contributed by atoms with E-state index in [9.17, 15) is 17.6 Å². The molecule has 0 bridgehead atoms. The molecule has 0 amide bonds. The first-order valence-corrected chi connectivity index (χ1v) is 11.1. The van der Waals surface area contributed by atoms with Crippen molar-refractivity contribution in [3.8, 4) is 0 Å². The fourth-order valence-electron chi connectivity index (χ4n) is 3.08. The van der Waals surface area contributed by atoms with Crippen LogP contribution in [0.25, 0.3) is 0 Å². The van der Waals surface area contributed by atoms with Gasteiger partial charge in [0, 0.05) is 18.4 Å². The Kier molecular flexibility index (Phi) is 6.69. The number of hydrogen-bond acceptors (Lipinski definition) is 6. The fraction of sp³-hybridized carbons (Fsp3) is 0.227. The number of aliphatic hydroxyl groups excluding tert-OH is 1. The minimum Gasteiger partial charge on any atom is -0.390 e. The molecule has 0 aliphatic rings. The molecule has 0 aliphatic carbocycles. The van der Waals surface area contributed by atoms with E-state index in [1.165, 1.54) is 36.7 Å². The van der Waals surface area contributed by atoms with Gasteiger partial charge >= 0.3 is 0 Å². The highest BCUT2D eigenvalue weighted by Crippen LogP contribution is 2.25. The summed E-state index contributed by atoms with van der Waals surface area (Å²) in [6, 6.07) is 12.1. The molecule has 1 N–H and O–H groups in total. The largest absolute Gasteiger partial charge is 0.390 e. The first-order chi connectivity index (χ1) is 14.3. The van der Waals surface area contributed by atoms with Gasteiger partial charge in [0.2, 0.25) is 0 Å². The van der Waals surface area contributed by atoms with E-state index in [0.29, 0.717) is 23.4 Å². The average Bonchev–Trinajstić information content (AvgIpc) is 2.73. The number of rotatable bonds is 8. The van der Waals surface area contributed by atoms with Crippen LogP contribution in [0.4, 0.5) is 4.39 Å². The summed E-state index contributed by atoms with van der Waals surface area (Å²) in [5, 5.41) is 9.07. The zero-order valence-electron chi connectivity index (χ0n) is 16.3. The van der Waals surface area contributed by atoms with Gasteiger partial charge in [-0.3, -0.25) is 14.8 Å². The zero-order valence-corrected chi connectivity index (χ0v) is 17.1. The number of aliphatic hydroxyl groups is 1. The van der Waals surface area contributed by atoms with Gasteiger partial charge in [-0.2, -0.15) is 0 Å². The molecule has 1 aromatic heterocycles. The van der Waals surface area contributed by atoms with E-state index in [-0.39, 0.29) is 29.5 Å². The van der Waals surface area contributed by atoms with E-state index in [1.54, 1.807) is 24.3 Å². The van der Waals surface area contributed by atoms with Crippen LogP contribution in [-0.4, -0.2) is 35.5 Å². The Hall–Kier alpha value is -2.97. The fourth-order valence-corrected chi connectivity index (χ4v) is 3.71. The van der Waals surface area contributed by atoms with Gasteiger partial charge in [0.15, 0.2) is 9.84 Å². The molecule has 0 unspecified atom stereocenters. The second kappa shape index (κ2) is 9.23. The van der Waals surface area contributed by atoms with Crippen molar-refractivity contribution in [1.82, 2.24) is 9.97 Å². The number of Topliss-reactive ketones (excluding diaryl/α,β-unsaturated/α-hetero) is 1. The molecular weight excluding hydrogens is 407 g/mol. The molecule has 0 saturated heterocycles. The molecule has 0 fully saturated rings. The first kappa shape index (κ1) is 21.7. The summed E-state index contributed by atoms with van der Waals surface area (Å²) in [5.74, 6) is -1.06. The molecule has 0 saturated carbocycles. The number of carbonyl (C=O) groups is 1. The molecule has 2 aromatic carbocycles. The number of benzene rings is 2. The van der Waals surface area contributed by atoms with Crippen LogP contribution >= 0.6 is 0 Å². The maximum absolute atomic E-state index is 13.3. The monoisotopic (exact) mass is 428 g/mol. The van der Waals surface area contributed by atoms with Gasteiger partial charge in [-0.25, -0.2) is 12.8 Å². The lowest BCUT2D eigenvalue weighted by Gasteiger charge is -2.17. The van der Waals surface area contributed by atoms with Crippen LogP contribution < -0.4 is 0 Å². The first-order valence-electron chi connectivity index (χ1n) is 9.24. The third kappa shape index (κ3) is 5.55. The minimum absolute atomic E-state index is 0.0262. The molecule has 30 heavy (non-hydrogen) atoms. The highest BCUT2D eigenvalue weighted by molar-refractivity contribution is 7.90. The second-order valence-electron chi connectivity index (χ2n) is 7.02. The number of carbonyl (C=O) groups excluding carboxylic acids is 1. The molecule has 1 atom stereocenters. The Morgan fingerprint density at radius 1 is 1.00 bits per heavy atom. The van der Waals surface area contributed by atoms with Crippen molar-refractivity contribution in [2.45, 2.75) is 30.3 Å². The number of nitrogens with zero attached hydrogens (tertiary/aromatic N) is 2. The van der Waals surface area contributed by atoms with Crippen LogP contribution in [0, 0.1) is 5.82 Å². The van der Waals surface area contributed by atoms with Crippen LogP contribution in [0.15, 0.2) is 65.8 Å². The second-order valence-corrected chi connectivity index (χ2v) is 9.04. The van der Waals surface area contributed by atoms with Crippen LogP contribution in [0.5, 0.6) is 0 Å². The van der Waals surface area contributed by atoms with E-state index in [1.807, 2.05) is 0 Å². The van der Waals surface area contributed by atoms with Crippen molar-refractivity contribution in [2.24, 2.45) is 0 Å². The summed E-state index contributed by atoms with van der Waals surface area (Å²) in [5.41, 5.74) is 2.32. The van der Waals surface area contributed by atoms with Crippen molar-refractivity contribution in [3.05, 3.63) is 89.3 Å².